The third kappa shape index (κ3) is 2.74. The van der Waals surface area contributed by atoms with Crippen molar-refractivity contribution < 1.29 is 9.53 Å². The Morgan fingerprint density at radius 2 is 2.20 bits per heavy atom. The molecule has 1 fully saturated rings. The van der Waals surface area contributed by atoms with Crippen LogP contribution in [0.5, 0.6) is 0 Å². The Kier molecular flexibility index (Phi) is 4.25. The first kappa shape index (κ1) is 13.9. The van der Waals surface area contributed by atoms with E-state index in [1.807, 2.05) is 11.0 Å². The van der Waals surface area contributed by atoms with E-state index < -0.39 is 0 Å². The number of hydrogen-bond acceptors (Lipinski definition) is 6. The zero-order chi connectivity index (χ0) is 14.5. The highest BCUT2D eigenvalue weighted by Crippen LogP contribution is 2.24. The van der Waals surface area contributed by atoms with Gasteiger partial charge in [0.1, 0.15) is 6.07 Å². The van der Waals surface area contributed by atoms with Gasteiger partial charge in [0.25, 0.3) is 0 Å². The highest BCUT2D eigenvalue weighted by molar-refractivity contribution is 5.71. The molecule has 1 aliphatic rings. The Hall–Kier alpha value is -2.49. The lowest BCUT2D eigenvalue weighted by Gasteiger charge is -2.35. The van der Waals surface area contributed by atoms with Gasteiger partial charge in [0.15, 0.2) is 5.82 Å². The van der Waals surface area contributed by atoms with E-state index in [0.717, 1.165) is 0 Å². The Labute approximate surface area is 117 Å². The van der Waals surface area contributed by atoms with Crippen LogP contribution in [0.1, 0.15) is 12.5 Å². The number of nitrogens with zero attached hydrogens (tertiary/aromatic N) is 4. The molecule has 20 heavy (non-hydrogen) atoms. The summed E-state index contributed by atoms with van der Waals surface area (Å²) in [5, 5.41) is 8.97. The topological polar surface area (TPSA) is 95.5 Å². The fourth-order valence-corrected chi connectivity index (χ4v) is 2.13. The van der Waals surface area contributed by atoms with Gasteiger partial charge >= 0.3 is 6.09 Å². The summed E-state index contributed by atoms with van der Waals surface area (Å²) in [4.78, 5) is 19.5. The van der Waals surface area contributed by atoms with Crippen LogP contribution < -0.4 is 10.6 Å². The number of nitriles is 1. The van der Waals surface area contributed by atoms with Crippen LogP contribution in [-0.4, -0.2) is 48.8 Å². The molecule has 2 N–H and O–H groups in total. The minimum absolute atomic E-state index is 0.293. The number of aromatic nitrogens is 1. The molecule has 7 heteroatoms. The van der Waals surface area contributed by atoms with Crippen molar-refractivity contribution >= 4 is 17.6 Å². The summed E-state index contributed by atoms with van der Waals surface area (Å²) in [6, 6.07) is 3.63. The van der Waals surface area contributed by atoms with Gasteiger partial charge in [0, 0.05) is 32.4 Å². The molecule has 0 bridgehead atoms. The number of ether oxygens (including phenoxy) is 1. The molecular weight excluding hydrogens is 258 g/mol. The molecule has 1 aromatic rings. The van der Waals surface area contributed by atoms with Gasteiger partial charge in [-0.3, -0.25) is 0 Å². The van der Waals surface area contributed by atoms with Crippen molar-refractivity contribution in [3.63, 3.8) is 0 Å². The van der Waals surface area contributed by atoms with E-state index in [-0.39, 0.29) is 6.09 Å². The van der Waals surface area contributed by atoms with Crippen molar-refractivity contribution in [3.05, 3.63) is 17.8 Å². The number of carbonyl (C=O) groups excluding carboxylic acids is 1. The van der Waals surface area contributed by atoms with Crippen molar-refractivity contribution in [2.45, 2.75) is 6.92 Å². The number of nitrogens with two attached hydrogens (primary N) is 1. The number of carbonyl (C=O) groups is 1. The van der Waals surface area contributed by atoms with E-state index in [2.05, 4.69) is 4.98 Å². The third-order valence-electron chi connectivity index (χ3n) is 3.19. The van der Waals surface area contributed by atoms with Crippen LogP contribution in [0.4, 0.5) is 16.3 Å². The van der Waals surface area contributed by atoms with Crippen LogP contribution in [-0.2, 0) is 4.74 Å². The fraction of sp³-hybridized carbons (Fsp3) is 0.462. The number of hydrogen-bond donors (Lipinski definition) is 1. The molecule has 0 saturated carbocycles. The molecule has 1 saturated heterocycles. The number of anilines is 2. The van der Waals surface area contributed by atoms with Gasteiger partial charge in [-0.25, -0.2) is 9.78 Å². The average molecular weight is 275 g/mol. The summed E-state index contributed by atoms with van der Waals surface area (Å²) >= 11 is 0. The second-order valence-corrected chi connectivity index (χ2v) is 4.38. The third-order valence-corrected chi connectivity index (χ3v) is 3.19. The van der Waals surface area contributed by atoms with Crippen molar-refractivity contribution in [2.75, 3.05) is 43.4 Å². The zero-order valence-electron chi connectivity index (χ0n) is 11.4. The number of amides is 1. The summed E-state index contributed by atoms with van der Waals surface area (Å²) in [5.41, 5.74) is 6.74. The maximum absolute atomic E-state index is 11.6. The van der Waals surface area contributed by atoms with E-state index in [9.17, 15) is 4.79 Å². The van der Waals surface area contributed by atoms with Crippen LogP contribution >= 0.6 is 0 Å². The lowest BCUT2D eigenvalue weighted by atomic mass is 10.2. The smallest absolute Gasteiger partial charge is 0.409 e. The maximum atomic E-state index is 11.6. The molecule has 0 aromatic carbocycles. The van der Waals surface area contributed by atoms with Gasteiger partial charge in [-0.1, -0.05) is 0 Å². The first-order valence-electron chi connectivity index (χ1n) is 6.48. The summed E-state index contributed by atoms with van der Waals surface area (Å²) in [6.07, 6.45) is 1.28. The van der Waals surface area contributed by atoms with E-state index in [0.29, 0.717) is 49.9 Å². The quantitative estimate of drug-likeness (QED) is 0.858. The van der Waals surface area contributed by atoms with Crippen LogP contribution in [0.2, 0.25) is 0 Å². The molecule has 7 nitrogen and oxygen atoms in total. The number of piperazine rings is 1. The predicted octanol–water partition coefficient (Wildman–Crippen LogP) is 0.814. The highest BCUT2D eigenvalue weighted by Gasteiger charge is 2.24. The molecule has 0 radical (unpaired) electrons. The van der Waals surface area contributed by atoms with Gasteiger partial charge in [0.2, 0.25) is 0 Å². The molecule has 2 rings (SSSR count). The molecule has 0 atom stereocenters. The monoisotopic (exact) mass is 275 g/mol. The van der Waals surface area contributed by atoms with Crippen LogP contribution in [0.3, 0.4) is 0 Å². The molecule has 1 amide bonds. The number of rotatable bonds is 2. The van der Waals surface area contributed by atoms with Gasteiger partial charge in [-0.15, -0.1) is 0 Å². The standard InChI is InChI=1S/C13H17N5O2/c1-2-20-13(19)18-7-5-17(6-8-18)12-11(15)10(9-14)3-4-16-12/h3-4H,2,5-8,15H2,1H3. The summed E-state index contributed by atoms with van der Waals surface area (Å²) in [6.45, 7) is 4.49. The molecular formula is C13H17N5O2. The average Bonchev–Trinajstić information content (AvgIpc) is 2.48. The Morgan fingerprint density at radius 1 is 1.50 bits per heavy atom. The Morgan fingerprint density at radius 3 is 2.80 bits per heavy atom. The summed E-state index contributed by atoms with van der Waals surface area (Å²) in [5.74, 6) is 0.604. The SMILES string of the molecule is CCOC(=O)N1CCN(c2nccc(C#N)c2N)CC1. The second kappa shape index (κ2) is 6.10. The maximum Gasteiger partial charge on any atom is 0.409 e. The normalized spacial score (nSPS) is 14.8. The molecule has 0 aliphatic carbocycles. The van der Waals surface area contributed by atoms with Gasteiger partial charge in [0.05, 0.1) is 17.9 Å². The lowest BCUT2D eigenvalue weighted by molar-refractivity contribution is 0.105. The fourth-order valence-electron chi connectivity index (χ4n) is 2.13. The summed E-state index contributed by atoms with van der Waals surface area (Å²) in [7, 11) is 0. The van der Waals surface area contributed by atoms with Crippen molar-refractivity contribution in [3.8, 4) is 6.07 Å². The van der Waals surface area contributed by atoms with Gasteiger partial charge < -0.3 is 20.3 Å². The van der Waals surface area contributed by atoms with Crippen LogP contribution in [0.25, 0.3) is 0 Å². The van der Waals surface area contributed by atoms with E-state index in [4.69, 9.17) is 15.7 Å². The Balaban J connectivity index is 2.05. The highest BCUT2D eigenvalue weighted by atomic mass is 16.6. The van der Waals surface area contributed by atoms with Gasteiger partial charge in [-0.2, -0.15) is 5.26 Å². The van der Waals surface area contributed by atoms with E-state index in [1.165, 1.54) is 0 Å². The molecule has 0 spiro atoms. The van der Waals surface area contributed by atoms with E-state index >= 15 is 0 Å². The van der Waals surface area contributed by atoms with Crippen molar-refractivity contribution in [1.29, 1.82) is 5.26 Å². The van der Waals surface area contributed by atoms with Gasteiger partial charge in [-0.05, 0) is 13.0 Å². The van der Waals surface area contributed by atoms with Crippen molar-refractivity contribution in [1.82, 2.24) is 9.88 Å². The van der Waals surface area contributed by atoms with Crippen LogP contribution in [0, 0.1) is 11.3 Å². The number of nitrogen functional groups attached to an aromatic ring is 1. The Bertz CT molecular complexity index is 532. The van der Waals surface area contributed by atoms with Crippen molar-refractivity contribution in [2.24, 2.45) is 0 Å². The lowest BCUT2D eigenvalue weighted by Crippen LogP contribution is -2.49. The molecule has 0 unspecified atom stereocenters. The minimum atomic E-state index is -0.293. The van der Waals surface area contributed by atoms with Crippen LogP contribution in [0.15, 0.2) is 12.3 Å². The first-order valence-corrected chi connectivity index (χ1v) is 6.48. The van der Waals surface area contributed by atoms with E-state index in [1.54, 1.807) is 24.1 Å². The number of pyridine rings is 1. The molecule has 1 aliphatic heterocycles. The molecule has 2 heterocycles. The summed E-state index contributed by atoms with van der Waals surface area (Å²) < 4.78 is 4.97. The largest absolute Gasteiger partial charge is 0.450 e. The first-order chi connectivity index (χ1) is 9.67. The molecule has 106 valence electrons. The predicted molar refractivity (Wildman–Crippen MR) is 74.2 cm³/mol. The zero-order valence-corrected chi connectivity index (χ0v) is 11.4. The minimum Gasteiger partial charge on any atom is -0.450 e. The molecule has 1 aromatic heterocycles. The second-order valence-electron chi connectivity index (χ2n) is 4.38.